The molecule has 3 aromatic rings. The Balaban J connectivity index is 1.50. The lowest BCUT2D eigenvalue weighted by Gasteiger charge is -2.29. The van der Waals surface area contributed by atoms with Gasteiger partial charge in [-0.05, 0) is 60.9 Å². The van der Waals surface area contributed by atoms with Crippen molar-refractivity contribution in [3.63, 3.8) is 0 Å². The molecule has 1 aliphatic heterocycles. The topological polar surface area (TPSA) is 81.9 Å². The number of nitrogens with one attached hydrogen (secondary N) is 1. The van der Waals surface area contributed by atoms with E-state index in [4.69, 9.17) is 5.26 Å². The van der Waals surface area contributed by atoms with Crippen LogP contribution in [0.25, 0.3) is 0 Å². The molecule has 0 bridgehead atoms. The second kappa shape index (κ2) is 7.26. The van der Waals surface area contributed by atoms with E-state index in [1.807, 2.05) is 18.2 Å². The quantitative estimate of drug-likeness (QED) is 0.775. The summed E-state index contributed by atoms with van der Waals surface area (Å²) >= 11 is 0. The molecule has 0 atom stereocenters. The zero-order valence-corrected chi connectivity index (χ0v) is 14.6. The second-order valence-electron chi connectivity index (χ2n) is 6.31. The third kappa shape index (κ3) is 3.48. The van der Waals surface area contributed by atoms with E-state index >= 15 is 0 Å². The van der Waals surface area contributed by atoms with E-state index in [9.17, 15) is 4.79 Å². The van der Waals surface area contributed by atoms with Crippen LogP contribution in [0.2, 0.25) is 0 Å². The highest BCUT2D eigenvalue weighted by Gasteiger charge is 2.24. The summed E-state index contributed by atoms with van der Waals surface area (Å²) < 4.78 is 0. The maximum Gasteiger partial charge on any atom is 0.278 e. The summed E-state index contributed by atoms with van der Waals surface area (Å²) in [6, 6.07) is 20.5. The molecule has 0 spiro atoms. The number of nitriles is 1. The molecule has 6 nitrogen and oxygen atoms in total. The summed E-state index contributed by atoms with van der Waals surface area (Å²) in [7, 11) is 0. The number of carbonyl (C=O) groups is 1. The van der Waals surface area contributed by atoms with Crippen molar-refractivity contribution in [3.8, 4) is 6.07 Å². The smallest absolute Gasteiger partial charge is 0.278 e. The first-order chi connectivity index (χ1) is 13.2. The molecule has 0 fully saturated rings. The minimum atomic E-state index is -0.139. The van der Waals surface area contributed by atoms with E-state index in [1.165, 1.54) is 5.56 Å². The molecule has 1 amide bonds. The van der Waals surface area contributed by atoms with Gasteiger partial charge in [0, 0.05) is 17.9 Å². The Hall–Kier alpha value is -3.72. The molecule has 0 saturated heterocycles. The van der Waals surface area contributed by atoms with Crippen LogP contribution < -0.4 is 10.2 Å². The van der Waals surface area contributed by atoms with Gasteiger partial charge in [-0.25, -0.2) is 0 Å². The monoisotopic (exact) mass is 355 g/mol. The average molecular weight is 355 g/mol. The molecule has 2 heterocycles. The Morgan fingerprint density at radius 1 is 1.04 bits per heavy atom. The first-order valence-corrected chi connectivity index (χ1v) is 8.75. The lowest BCUT2D eigenvalue weighted by atomic mass is 10.0. The number of benzene rings is 2. The molecular formula is C21H17N5O. The molecule has 0 aliphatic carbocycles. The predicted octanol–water partition coefficient (Wildman–Crippen LogP) is 3.68. The zero-order chi connectivity index (χ0) is 18.6. The minimum Gasteiger partial charge on any atom is -0.339 e. The first kappa shape index (κ1) is 16.7. The lowest BCUT2D eigenvalue weighted by molar-refractivity contribution is 0.0979. The molecule has 6 heteroatoms. The van der Waals surface area contributed by atoms with Crippen molar-refractivity contribution in [2.24, 2.45) is 0 Å². The maximum atomic E-state index is 12.9. The van der Waals surface area contributed by atoms with Gasteiger partial charge in [0.1, 0.15) is 0 Å². The number of aryl methyl sites for hydroxylation is 1. The third-order valence-electron chi connectivity index (χ3n) is 4.53. The van der Waals surface area contributed by atoms with Crippen LogP contribution >= 0.6 is 0 Å². The molecule has 27 heavy (non-hydrogen) atoms. The van der Waals surface area contributed by atoms with Gasteiger partial charge in [0.05, 0.1) is 11.6 Å². The number of aromatic nitrogens is 2. The summed E-state index contributed by atoms with van der Waals surface area (Å²) in [4.78, 5) is 14.6. The summed E-state index contributed by atoms with van der Waals surface area (Å²) in [6.07, 6.45) is 1.92. The SMILES string of the molecule is N#Cc1ccc(Nc2ccc(C(=O)N3CCCc4ccccc43)nn2)cc1. The number of amides is 1. The minimum absolute atomic E-state index is 0.139. The predicted molar refractivity (Wildman–Crippen MR) is 103 cm³/mol. The molecular weight excluding hydrogens is 338 g/mol. The molecule has 0 radical (unpaired) electrons. The Bertz CT molecular complexity index is 1010. The third-order valence-corrected chi connectivity index (χ3v) is 4.53. The highest BCUT2D eigenvalue weighted by atomic mass is 16.2. The number of anilines is 3. The normalized spacial score (nSPS) is 12.8. The fraction of sp³-hybridized carbons (Fsp3) is 0.143. The first-order valence-electron chi connectivity index (χ1n) is 8.75. The van der Waals surface area contributed by atoms with Gasteiger partial charge >= 0.3 is 0 Å². The van der Waals surface area contributed by atoms with Crippen LogP contribution in [-0.2, 0) is 6.42 Å². The van der Waals surface area contributed by atoms with Crippen LogP contribution in [-0.4, -0.2) is 22.6 Å². The van der Waals surface area contributed by atoms with E-state index in [1.54, 1.807) is 41.3 Å². The Morgan fingerprint density at radius 2 is 1.85 bits per heavy atom. The second-order valence-corrected chi connectivity index (χ2v) is 6.31. The van der Waals surface area contributed by atoms with Crippen molar-refractivity contribution < 1.29 is 4.79 Å². The Morgan fingerprint density at radius 3 is 2.59 bits per heavy atom. The van der Waals surface area contributed by atoms with Crippen LogP contribution in [0.4, 0.5) is 17.2 Å². The fourth-order valence-corrected chi connectivity index (χ4v) is 3.17. The van der Waals surface area contributed by atoms with Crippen molar-refractivity contribution in [2.75, 3.05) is 16.8 Å². The van der Waals surface area contributed by atoms with Gasteiger partial charge in [0.2, 0.25) is 0 Å². The Kier molecular flexibility index (Phi) is 4.50. The van der Waals surface area contributed by atoms with Crippen LogP contribution in [0, 0.1) is 11.3 Å². The molecule has 0 saturated carbocycles. The van der Waals surface area contributed by atoms with E-state index < -0.39 is 0 Å². The van der Waals surface area contributed by atoms with Gasteiger partial charge in [-0.2, -0.15) is 5.26 Å². The van der Waals surface area contributed by atoms with E-state index in [0.29, 0.717) is 23.6 Å². The summed E-state index contributed by atoms with van der Waals surface area (Å²) in [6.45, 7) is 0.683. The largest absolute Gasteiger partial charge is 0.339 e. The van der Waals surface area contributed by atoms with Crippen LogP contribution in [0.3, 0.4) is 0 Å². The van der Waals surface area contributed by atoms with Crippen LogP contribution in [0.1, 0.15) is 28.0 Å². The number of para-hydroxylation sites is 1. The average Bonchev–Trinajstić information content (AvgIpc) is 2.74. The van der Waals surface area contributed by atoms with Gasteiger partial charge < -0.3 is 10.2 Å². The van der Waals surface area contributed by atoms with Gasteiger partial charge in [0.15, 0.2) is 11.5 Å². The highest BCUT2D eigenvalue weighted by Crippen LogP contribution is 2.27. The van der Waals surface area contributed by atoms with E-state index in [0.717, 1.165) is 24.2 Å². The summed E-state index contributed by atoms with van der Waals surface area (Å²) in [5, 5.41) is 20.2. The number of fused-ring (bicyclic) bond motifs is 1. The van der Waals surface area contributed by atoms with E-state index in [2.05, 4.69) is 27.6 Å². The van der Waals surface area contributed by atoms with Gasteiger partial charge in [-0.1, -0.05) is 18.2 Å². The van der Waals surface area contributed by atoms with Gasteiger partial charge in [-0.15, -0.1) is 10.2 Å². The number of nitrogens with zero attached hydrogens (tertiary/aromatic N) is 4. The number of carbonyl (C=O) groups excluding carboxylic acids is 1. The highest BCUT2D eigenvalue weighted by molar-refractivity contribution is 6.05. The molecule has 1 aliphatic rings. The molecule has 0 unspecified atom stereocenters. The summed E-state index contributed by atoms with van der Waals surface area (Å²) in [5.41, 5.74) is 3.85. The number of hydrogen-bond donors (Lipinski definition) is 1. The maximum absolute atomic E-state index is 12.9. The van der Waals surface area contributed by atoms with Gasteiger partial charge in [0.25, 0.3) is 5.91 Å². The number of rotatable bonds is 3. The van der Waals surface area contributed by atoms with Crippen molar-refractivity contribution in [3.05, 3.63) is 77.5 Å². The molecule has 4 rings (SSSR count). The molecule has 132 valence electrons. The fourth-order valence-electron chi connectivity index (χ4n) is 3.17. The van der Waals surface area contributed by atoms with Crippen molar-refractivity contribution >= 4 is 23.1 Å². The van der Waals surface area contributed by atoms with Crippen LogP contribution in [0.15, 0.2) is 60.7 Å². The summed E-state index contributed by atoms with van der Waals surface area (Å²) in [5.74, 6) is 0.398. The van der Waals surface area contributed by atoms with Crippen molar-refractivity contribution in [2.45, 2.75) is 12.8 Å². The molecule has 1 aromatic heterocycles. The number of hydrogen-bond acceptors (Lipinski definition) is 5. The van der Waals surface area contributed by atoms with Crippen molar-refractivity contribution in [1.29, 1.82) is 5.26 Å². The molecule has 2 aromatic carbocycles. The lowest BCUT2D eigenvalue weighted by Crippen LogP contribution is -2.36. The standard InChI is InChI=1S/C21H17N5O/c22-14-15-7-9-17(10-8-15)23-20-12-11-18(24-25-20)21(27)26-13-3-5-16-4-1-2-6-19(16)26/h1-2,4,6-12H,3,5,13H2,(H,23,25). The van der Waals surface area contributed by atoms with E-state index in [-0.39, 0.29) is 5.91 Å². The molecule has 1 N–H and O–H groups in total. The van der Waals surface area contributed by atoms with Gasteiger partial charge in [-0.3, -0.25) is 4.79 Å². The van der Waals surface area contributed by atoms with Crippen molar-refractivity contribution in [1.82, 2.24) is 10.2 Å². The zero-order valence-electron chi connectivity index (χ0n) is 14.6. The Labute approximate surface area is 157 Å². The van der Waals surface area contributed by atoms with Crippen LogP contribution in [0.5, 0.6) is 0 Å².